The van der Waals surface area contributed by atoms with Gasteiger partial charge in [0.15, 0.2) is 0 Å². The third-order valence-electron chi connectivity index (χ3n) is 3.95. The van der Waals surface area contributed by atoms with Crippen molar-refractivity contribution >= 4 is 38.6 Å². The summed E-state index contributed by atoms with van der Waals surface area (Å²) >= 11 is 0. The molecule has 3 aromatic carbocycles. The summed E-state index contributed by atoms with van der Waals surface area (Å²) in [6.07, 6.45) is 2.61. The van der Waals surface area contributed by atoms with Gasteiger partial charge in [0.25, 0.3) is 5.91 Å². The number of rotatable bonds is 6. The summed E-state index contributed by atoms with van der Waals surface area (Å²) in [5, 5.41) is 6.06. The first-order valence-electron chi connectivity index (χ1n) is 8.27. The normalized spacial score (nSPS) is 11.6. The predicted octanol–water partition coefficient (Wildman–Crippen LogP) is 2.76. The zero-order valence-electron chi connectivity index (χ0n) is 14.7. The average molecular weight is 381 g/mol. The molecule has 0 bridgehead atoms. The number of benzene rings is 3. The number of nitrogens with zero attached hydrogens (tertiary/aromatic N) is 2. The molecule has 27 heavy (non-hydrogen) atoms. The summed E-state index contributed by atoms with van der Waals surface area (Å²) in [6.45, 7) is -0.351. The van der Waals surface area contributed by atoms with E-state index in [0.29, 0.717) is 5.69 Å². The van der Waals surface area contributed by atoms with Crippen molar-refractivity contribution < 1.29 is 13.2 Å². The number of anilines is 1. The fraction of sp³-hybridized carbons (Fsp3) is 0.100. The fourth-order valence-electron chi connectivity index (χ4n) is 2.70. The molecule has 1 amide bonds. The van der Waals surface area contributed by atoms with Gasteiger partial charge in [0.1, 0.15) is 6.54 Å². The molecule has 0 aliphatic heterocycles. The minimum atomic E-state index is -3.60. The lowest BCUT2D eigenvalue weighted by molar-refractivity contribution is -0.119. The number of nitrogens with one attached hydrogen (secondary N) is 1. The van der Waals surface area contributed by atoms with Crippen LogP contribution in [-0.4, -0.2) is 33.3 Å². The number of sulfonamides is 1. The molecular formula is C20H19N3O3S. The topological polar surface area (TPSA) is 78.8 Å². The van der Waals surface area contributed by atoms with Gasteiger partial charge in [-0.3, -0.25) is 9.10 Å². The summed E-state index contributed by atoms with van der Waals surface area (Å²) in [6, 6.07) is 22.1. The van der Waals surface area contributed by atoms with Crippen LogP contribution >= 0.6 is 0 Å². The van der Waals surface area contributed by atoms with Crippen LogP contribution < -0.4 is 9.73 Å². The van der Waals surface area contributed by atoms with E-state index >= 15 is 0 Å². The average Bonchev–Trinajstić information content (AvgIpc) is 2.66. The van der Waals surface area contributed by atoms with Crippen molar-refractivity contribution in [2.75, 3.05) is 17.1 Å². The smallest absolute Gasteiger partial charge is 0.260 e. The van der Waals surface area contributed by atoms with Crippen LogP contribution in [0.2, 0.25) is 0 Å². The Bertz CT molecular complexity index is 1070. The van der Waals surface area contributed by atoms with Crippen LogP contribution in [-0.2, 0) is 14.8 Å². The van der Waals surface area contributed by atoms with Crippen molar-refractivity contribution in [2.45, 2.75) is 0 Å². The molecule has 0 heterocycles. The highest BCUT2D eigenvalue weighted by atomic mass is 32.2. The van der Waals surface area contributed by atoms with E-state index in [1.807, 2.05) is 42.5 Å². The Morgan fingerprint density at radius 3 is 2.41 bits per heavy atom. The molecular weight excluding hydrogens is 362 g/mol. The van der Waals surface area contributed by atoms with Crippen LogP contribution in [0.1, 0.15) is 5.56 Å². The minimum absolute atomic E-state index is 0.351. The van der Waals surface area contributed by atoms with Crippen LogP contribution in [0.3, 0.4) is 0 Å². The molecule has 138 valence electrons. The fourth-order valence-corrected chi connectivity index (χ4v) is 3.55. The molecule has 3 aromatic rings. The second kappa shape index (κ2) is 8.01. The van der Waals surface area contributed by atoms with E-state index in [-0.39, 0.29) is 6.54 Å². The number of carbonyl (C=O) groups excluding carboxylic acids is 1. The van der Waals surface area contributed by atoms with Gasteiger partial charge in [0.2, 0.25) is 10.0 Å². The molecule has 3 rings (SSSR count). The van der Waals surface area contributed by atoms with Gasteiger partial charge in [-0.2, -0.15) is 5.10 Å². The lowest BCUT2D eigenvalue weighted by Gasteiger charge is -2.21. The Hall–Kier alpha value is -3.19. The van der Waals surface area contributed by atoms with Crippen molar-refractivity contribution in [1.29, 1.82) is 0 Å². The second-order valence-corrected chi connectivity index (χ2v) is 7.87. The Balaban J connectivity index is 1.72. The van der Waals surface area contributed by atoms with Crippen molar-refractivity contribution in [3.8, 4) is 0 Å². The first-order valence-corrected chi connectivity index (χ1v) is 10.1. The van der Waals surface area contributed by atoms with E-state index < -0.39 is 15.9 Å². The van der Waals surface area contributed by atoms with E-state index in [1.54, 1.807) is 36.5 Å². The van der Waals surface area contributed by atoms with Gasteiger partial charge in [-0.1, -0.05) is 60.7 Å². The summed E-state index contributed by atoms with van der Waals surface area (Å²) in [7, 11) is -3.60. The van der Waals surface area contributed by atoms with Crippen molar-refractivity contribution in [2.24, 2.45) is 5.10 Å². The zero-order chi connectivity index (χ0) is 19.3. The summed E-state index contributed by atoms with van der Waals surface area (Å²) < 4.78 is 25.1. The Kier molecular flexibility index (Phi) is 5.52. The molecule has 0 fully saturated rings. The predicted molar refractivity (Wildman–Crippen MR) is 108 cm³/mol. The number of amides is 1. The minimum Gasteiger partial charge on any atom is -0.271 e. The molecule has 0 radical (unpaired) electrons. The summed E-state index contributed by atoms with van der Waals surface area (Å²) in [4.78, 5) is 12.2. The van der Waals surface area contributed by atoms with Crippen LogP contribution in [0.4, 0.5) is 5.69 Å². The quantitative estimate of drug-likeness (QED) is 0.527. The van der Waals surface area contributed by atoms with E-state index in [9.17, 15) is 13.2 Å². The molecule has 0 aromatic heterocycles. The van der Waals surface area contributed by atoms with Crippen LogP contribution in [0.15, 0.2) is 77.9 Å². The highest BCUT2D eigenvalue weighted by Gasteiger charge is 2.20. The molecule has 6 nitrogen and oxygen atoms in total. The maximum absolute atomic E-state index is 12.2. The Labute approximate surface area is 158 Å². The molecule has 7 heteroatoms. The Morgan fingerprint density at radius 2 is 1.67 bits per heavy atom. The van der Waals surface area contributed by atoms with Crippen molar-refractivity contribution in [3.05, 3.63) is 78.4 Å². The number of hydrazone groups is 1. The maximum Gasteiger partial charge on any atom is 0.260 e. The highest BCUT2D eigenvalue weighted by Crippen LogP contribution is 2.17. The van der Waals surface area contributed by atoms with Gasteiger partial charge >= 0.3 is 0 Å². The molecule has 0 spiro atoms. The third kappa shape index (κ3) is 4.71. The van der Waals surface area contributed by atoms with E-state index in [1.165, 1.54) is 0 Å². The maximum atomic E-state index is 12.2. The number of hydrogen-bond acceptors (Lipinski definition) is 4. The van der Waals surface area contributed by atoms with Gasteiger partial charge in [-0.25, -0.2) is 13.8 Å². The largest absolute Gasteiger partial charge is 0.271 e. The van der Waals surface area contributed by atoms with Crippen LogP contribution in [0.25, 0.3) is 10.8 Å². The molecule has 0 aliphatic carbocycles. The van der Waals surface area contributed by atoms with Gasteiger partial charge < -0.3 is 0 Å². The summed E-state index contributed by atoms with van der Waals surface area (Å²) in [5.41, 5.74) is 3.67. The summed E-state index contributed by atoms with van der Waals surface area (Å²) in [5.74, 6) is -0.527. The first kappa shape index (κ1) is 18.6. The van der Waals surface area contributed by atoms with Gasteiger partial charge in [0.05, 0.1) is 18.2 Å². The standard InChI is InChI=1S/C20H19N3O3S/c1-27(25,26)23(18-11-3-2-4-12-18)15-20(24)22-21-14-17-10-7-9-16-8-5-6-13-19(16)17/h2-14H,15H2,1H3,(H,22,24)/b21-14-. The van der Waals surface area contributed by atoms with Crippen LogP contribution in [0.5, 0.6) is 0 Å². The molecule has 1 N–H and O–H groups in total. The third-order valence-corrected chi connectivity index (χ3v) is 5.09. The molecule has 0 saturated heterocycles. The number of carbonyl (C=O) groups is 1. The van der Waals surface area contributed by atoms with Crippen molar-refractivity contribution in [3.63, 3.8) is 0 Å². The second-order valence-electron chi connectivity index (χ2n) is 5.97. The number of para-hydroxylation sites is 1. The number of hydrogen-bond donors (Lipinski definition) is 1. The SMILES string of the molecule is CS(=O)(=O)N(CC(=O)N/N=C\c1cccc2ccccc12)c1ccccc1. The Morgan fingerprint density at radius 1 is 1.00 bits per heavy atom. The molecule has 0 saturated carbocycles. The molecule has 0 atom stereocenters. The monoisotopic (exact) mass is 381 g/mol. The van der Waals surface area contributed by atoms with Crippen LogP contribution in [0, 0.1) is 0 Å². The van der Waals surface area contributed by atoms with E-state index in [2.05, 4.69) is 10.5 Å². The lowest BCUT2D eigenvalue weighted by atomic mass is 10.1. The van der Waals surface area contributed by atoms with E-state index in [0.717, 1.165) is 26.9 Å². The van der Waals surface area contributed by atoms with Gasteiger partial charge in [0, 0.05) is 5.56 Å². The van der Waals surface area contributed by atoms with Gasteiger partial charge in [-0.05, 0) is 22.9 Å². The van der Waals surface area contributed by atoms with Gasteiger partial charge in [-0.15, -0.1) is 0 Å². The number of fused-ring (bicyclic) bond motifs is 1. The highest BCUT2D eigenvalue weighted by molar-refractivity contribution is 7.92. The van der Waals surface area contributed by atoms with Crippen molar-refractivity contribution in [1.82, 2.24) is 5.43 Å². The molecule has 0 aliphatic rings. The lowest BCUT2D eigenvalue weighted by Crippen LogP contribution is -2.38. The first-order chi connectivity index (χ1) is 12.9. The molecule has 0 unspecified atom stereocenters. The zero-order valence-corrected chi connectivity index (χ0v) is 15.6. The van der Waals surface area contributed by atoms with E-state index in [4.69, 9.17) is 0 Å².